The van der Waals surface area contributed by atoms with E-state index in [4.69, 9.17) is 0 Å². The van der Waals surface area contributed by atoms with Gasteiger partial charge in [0.15, 0.2) is 0 Å². The molecule has 1 N–H and O–H groups in total. The molecule has 0 aromatic heterocycles. The summed E-state index contributed by atoms with van der Waals surface area (Å²) in [5.74, 6) is -0.226. The van der Waals surface area contributed by atoms with Crippen LogP contribution in [-0.2, 0) is 6.42 Å². The predicted octanol–water partition coefficient (Wildman–Crippen LogP) is 4.34. The molecular formula is C17H25FO. The summed E-state index contributed by atoms with van der Waals surface area (Å²) >= 11 is 0. The Kier molecular flexibility index (Phi) is 3.51. The van der Waals surface area contributed by atoms with E-state index in [-0.39, 0.29) is 16.6 Å². The minimum Gasteiger partial charge on any atom is -0.390 e. The van der Waals surface area contributed by atoms with Crippen molar-refractivity contribution in [3.63, 3.8) is 0 Å². The fourth-order valence-electron chi connectivity index (χ4n) is 4.42. The van der Waals surface area contributed by atoms with E-state index in [1.54, 1.807) is 6.07 Å². The minimum atomic E-state index is -0.723. The molecule has 1 aliphatic carbocycles. The molecule has 0 spiro atoms. The smallest absolute Gasteiger partial charge is 0.123 e. The van der Waals surface area contributed by atoms with Crippen LogP contribution in [0.3, 0.4) is 0 Å². The van der Waals surface area contributed by atoms with Crippen molar-refractivity contribution in [1.82, 2.24) is 0 Å². The lowest BCUT2D eigenvalue weighted by atomic mass is 9.58. The van der Waals surface area contributed by atoms with Gasteiger partial charge in [-0.2, -0.15) is 0 Å². The Labute approximate surface area is 115 Å². The van der Waals surface area contributed by atoms with Gasteiger partial charge < -0.3 is 5.11 Å². The van der Waals surface area contributed by atoms with Crippen molar-refractivity contribution in [3.8, 4) is 0 Å². The first kappa shape index (κ1) is 14.5. The summed E-state index contributed by atoms with van der Waals surface area (Å²) < 4.78 is 13.3. The molecular weight excluding hydrogens is 239 g/mol. The fourth-order valence-corrected chi connectivity index (χ4v) is 4.42. The molecule has 1 saturated carbocycles. The molecule has 1 fully saturated rings. The summed E-state index contributed by atoms with van der Waals surface area (Å²) in [6.07, 6.45) is 3.21. The normalized spacial score (nSPS) is 24.1. The van der Waals surface area contributed by atoms with Gasteiger partial charge in [-0.3, -0.25) is 0 Å². The second-order valence-electron chi connectivity index (χ2n) is 7.89. The zero-order valence-electron chi connectivity index (χ0n) is 12.5. The topological polar surface area (TPSA) is 20.2 Å². The van der Waals surface area contributed by atoms with Crippen LogP contribution in [0.15, 0.2) is 24.3 Å². The fraction of sp³-hybridized carbons (Fsp3) is 0.647. The highest BCUT2D eigenvalue weighted by molar-refractivity contribution is 5.19. The molecule has 19 heavy (non-hydrogen) atoms. The van der Waals surface area contributed by atoms with E-state index in [9.17, 15) is 9.50 Å². The largest absolute Gasteiger partial charge is 0.390 e. The maximum Gasteiger partial charge on any atom is 0.123 e. The molecule has 1 aromatic carbocycles. The Morgan fingerprint density at radius 3 is 2.16 bits per heavy atom. The van der Waals surface area contributed by atoms with Gasteiger partial charge in [-0.15, -0.1) is 0 Å². The second-order valence-corrected chi connectivity index (χ2v) is 7.89. The highest BCUT2D eigenvalue weighted by atomic mass is 19.1. The molecule has 0 heterocycles. The molecule has 0 bridgehead atoms. The van der Waals surface area contributed by atoms with Gasteiger partial charge in [-0.05, 0) is 47.8 Å². The van der Waals surface area contributed by atoms with E-state index in [1.807, 2.05) is 6.07 Å². The molecule has 0 aliphatic heterocycles. The van der Waals surface area contributed by atoms with Gasteiger partial charge >= 0.3 is 0 Å². The van der Waals surface area contributed by atoms with Crippen LogP contribution < -0.4 is 0 Å². The van der Waals surface area contributed by atoms with Gasteiger partial charge in [0.25, 0.3) is 0 Å². The van der Waals surface area contributed by atoms with E-state index in [0.717, 1.165) is 24.8 Å². The first-order valence-electron chi connectivity index (χ1n) is 7.06. The van der Waals surface area contributed by atoms with Crippen LogP contribution >= 0.6 is 0 Å². The number of hydrogen-bond donors (Lipinski definition) is 1. The monoisotopic (exact) mass is 264 g/mol. The van der Waals surface area contributed by atoms with Gasteiger partial charge in [0, 0.05) is 6.42 Å². The number of rotatable bonds is 2. The van der Waals surface area contributed by atoms with Crippen LogP contribution in [0, 0.1) is 16.6 Å². The molecule has 1 nitrogen and oxygen atoms in total. The Bertz CT molecular complexity index is 446. The Morgan fingerprint density at radius 1 is 1.05 bits per heavy atom. The lowest BCUT2D eigenvalue weighted by Gasteiger charge is -2.49. The minimum absolute atomic E-state index is 0.129. The average molecular weight is 264 g/mol. The van der Waals surface area contributed by atoms with Gasteiger partial charge in [-0.1, -0.05) is 39.8 Å². The Balaban J connectivity index is 2.22. The second kappa shape index (κ2) is 4.59. The standard InChI is InChI=1S/C17H25FO/c1-15(2)10-16(3,4)12-17(19,11-15)9-13-6-5-7-14(18)8-13/h5-8,19H,9-12H2,1-4H3. The van der Waals surface area contributed by atoms with Crippen molar-refractivity contribution in [3.05, 3.63) is 35.6 Å². The van der Waals surface area contributed by atoms with E-state index >= 15 is 0 Å². The van der Waals surface area contributed by atoms with Gasteiger partial charge in [-0.25, -0.2) is 4.39 Å². The van der Waals surface area contributed by atoms with Crippen molar-refractivity contribution in [2.24, 2.45) is 10.8 Å². The molecule has 1 aliphatic rings. The first-order valence-corrected chi connectivity index (χ1v) is 7.06. The van der Waals surface area contributed by atoms with E-state index < -0.39 is 5.60 Å². The lowest BCUT2D eigenvalue weighted by molar-refractivity contribution is -0.0851. The highest BCUT2D eigenvalue weighted by Gasteiger charge is 2.46. The van der Waals surface area contributed by atoms with E-state index in [0.29, 0.717) is 6.42 Å². The summed E-state index contributed by atoms with van der Waals surface area (Å²) in [6, 6.07) is 6.59. The van der Waals surface area contributed by atoms with Crippen molar-refractivity contribution >= 4 is 0 Å². The van der Waals surface area contributed by atoms with Crippen molar-refractivity contribution in [1.29, 1.82) is 0 Å². The number of aliphatic hydroxyl groups is 1. The third-order valence-electron chi connectivity index (χ3n) is 3.99. The third kappa shape index (κ3) is 3.79. The van der Waals surface area contributed by atoms with Crippen LogP contribution in [0.1, 0.15) is 52.5 Å². The molecule has 2 rings (SSSR count). The lowest BCUT2D eigenvalue weighted by Crippen LogP contribution is -2.47. The maximum atomic E-state index is 13.3. The maximum absolute atomic E-state index is 13.3. The molecule has 2 heteroatoms. The quantitative estimate of drug-likeness (QED) is 0.842. The highest BCUT2D eigenvalue weighted by Crippen LogP contribution is 2.50. The van der Waals surface area contributed by atoms with Crippen LogP contribution in [0.2, 0.25) is 0 Å². The number of benzene rings is 1. The molecule has 0 radical (unpaired) electrons. The molecule has 0 atom stereocenters. The van der Waals surface area contributed by atoms with E-state index in [2.05, 4.69) is 27.7 Å². The van der Waals surface area contributed by atoms with Crippen LogP contribution in [0.25, 0.3) is 0 Å². The Morgan fingerprint density at radius 2 is 1.63 bits per heavy atom. The summed E-state index contributed by atoms with van der Waals surface area (Å²) in [4.78, 5) is 0. The van der Waals surface area contributed by atoms with Crippen LogP contribution in [0.5, 0.6) is 0 Å². The SMILES string of the molecule is CC1(C)CC(C)(C)CC(O)(Cc2cccc(F)c2)C1. The zero-order chi connectivity index (χ0) is 14.3. The molecule has 0 saturated heterocycles. The van der Waals surface area contributed by atoms with Crippen molar-refractivity contribution < 1.29 is 9.50 Å². The van der Waals surface area contributed by atoms with Crippen molar-refractivity contribution in [2.45, 2.75) is 59.0 Å². The summed E-state index contributed by atoms with van der Waals surface area (Å²) in [6.45, 7) is 8.85. The summed E-state index contributed by atoms with van der Waals surface area (Å²) in [5.41, 5.74) is 0.420. The molecule has 1 aromatic rings. The van der Waals surface area contributed by atoms with Crippen LogP contribution in [-0.4, -0.2) is 10.7 Å². The van der Waals surface area contributed by atoms with Gasteiger partial charge in [0.05, 0.1) is 5.60 Å². The molecule has 0 unspecified atom stereocenters. The predicted molar refractivity (Wildman–Crippen MR) is 76.5 cm³/mol. The zero-order valence-corrected chi connectivity index (χ0v) is 12.5. The van der Waals surface area contributed by atoms with Gasteiger partial charge in [0.1, 0.15) is 5.82 Å². The van der Waals surface area contributed by atoms with Crippen LogP contribution in [0.4, 0.5) is 4.39 Å². The third-order valence-corrected chi connectivity index (χ3v) is 3.99. The summed E-state index contributed by atoms with van der Waals surface area (Å²) in [5, 5.41) is 11.0. The summed E-state index contributed by atoms with van der Waals surface area (Å²) in [7, 11) is 0. The number of halogens is 1. The Hall–Kier alpha value is -0.890. The average Bonchev–Trinajstić information content (AvgIpc) is 2.09. The van der Waals surface area contributed by atoms with Crippen molar-refractivity contribution in [2.75, 3.05) is 0 Å². The van der Waals surface area contributed by atoms with Gasteiger partial charge in [0.2, 0.25) is 0 Å². The first-order chi connectivity index (χ1) is 8.59. The molecule has 106 valence electrons. The number of hydrogen-bond acceptors (Lipinski definition) is 1. The molecule has 0 amide bonds. The van der Waals surface area contributed by atoms with E-state index in [1.165, 1.54) is 12.1 Å².